The summed E-state index contributed by atoms with van der Waals surface area (Å²) in [6.07, 6.45) is -0.227. The number of benzene rings is 1. The van der Waals surface area contributed by atoms with E-state index in [0.717, 1.165) is 5.56 Å². The summed E-state index contributed by atoms with van der Waals surface area (Å²) in [5, 5.41) is 16.0. The van der Waals surface area contributed by atoms with Gasteiger partial charge in [0.15, 0.2) is 6.40 Å². The predicted molar refractivity (Wildman–Crippen MR) is 56.4 cm³/mol. The number of ether oxygens (including phenoxy) is 1. The van der Waals surface area contributed by atoms with Crippen molar-refractivity contribution in [1.82, 2.24) is 0 Å². The molecule has 5 heteroatoms. The van der Waals surface area contributed by atoms with Gasteiger partial charge in [0.05, 0.1) is 0 Å². The zero-order valence-electron chi connectivity index (χ0n) is 7.81. The number of carboxylic acid groups (broad SMARTS) is 1. The predicted octanol–water partition coefficient (Wildman–Crippen LogP) is 1.96. The molecule has 0 aromatic heterocycles. The Kier molecular flexibility index (Phi) is 4.12. The van der Waals surface area contributed by atoms with Crippen LogP contribution >= 0.6 is 11.6 Å². The maximum atomic E-state index is 10.7. The van der Waals surface area contributed by atoms with E-state index < -0.39 is 12.1 Å². The Bertz CT molecular complexity index is 367. The SMILES string of the molecule is N=CO[C@@H](Cc1cccc(Cl)c1)C(=O)O. The monoisotopic (exact) mass is 227 g/mol. The molecule has 0 saturated carbocycles. The topological polar surface area (TPSA) is 70.4 Å². The number of carbonyl (C=O) groups is 1. The molecular weight excluding hydrogens is 218 g/mol. The molecule has 0 aliphatic carbocycles. The van der Waals surface area contributed by atoms with Crippen molar-refractivity contribution in [3.63, 3.8) is 0 Å². The molecule has 0 bridgehead atoms. The van der Waals surface area contributed by atoms with Gasteiger partial charge in [0.1, 0.15) is 0 Å². The van der Waals surface area contributed by atoms with E-state index in [2.05, 4.69) is 4.74 Å². The Hall–Kier alpha value is -1.55. The first-order chi connectivity index (χ1) is 7.13. The number of halogens is 1. The van der Waals surface area contributed by atoms with Crippen LogP contribution in [0, 0.1) is 5.41 Å². The normalized spacial score (nSPS) is 11.8. The number of hydrogen-bond donors (Lipinski definition) is 2. The van der Waals surface area contributed by atoms with Crippen molar-refractivity contribution in [3.8, 4) is 0 Å². The maximum absolute atomic E-state index is 10.7. The summed E-state index contributed by atoms with van der Waals surface area (Å²) in [5.41, 5.74) is 0.761. The van der Waals surface area contributed by atoms with Crippen LogP contribution in [0.5, 0.6) is 0 Å². The Labute approximate surface area is 91.9 Å². The smallest absolute Gasteiger partial charge is 0.345 e. The van der Waals surface area contributed by atoms with Gasteiger partial charge in [-0.2, -0.15) is 0 Å². The van der Waals surface area contributed by atoms with Crippen molar-refractivity contribution in [2.75, 3.05) is 0 Å². The molecule has 4 nitrogen and oxygen atoms in total. The van der Waals surface area contributed by atoms with Gasteiger partial charge in [0.25, 0.3) is 0 Å². The number of aliphatic carboxylic acids is 1. The van der Waals surface area contributed by atoms with Crippen LogP contribution in [0.2, 0.25) is 5.02 Å². The zero-order valence-corrected chi connectivity index (χ0v) is 8.57. The van der Waals surface area contributed by atoms with Gasteiger partial charge >= 0.3 is 5.97 Å². The maximum Gasteiger partial charge on any atom is 0.345 e. The quantitative estimate of drug-likeness (QED) is 0.597. The van der Waals surface area contributed by atoms with Crippen LogP contribution < -0.4 is 0 Å². The largest absolute Gasteiger partial charge is 0.478 e. The van der Waals surface area contributed by atoms with Crippen molar-refractivity contribution in [2.24, 2.45) is 0 Å². The van der Waals surface area contributed by atoms with Gasteiger partial charge in [-0.3, -0.25) is 5.41 Å². The molecule has 15 heavy (non-hydrogen) atoms. The first-order valence-corrected chi connectivity index (χ1v) is 4.63. The second kappa shape index (κ2) is 5.36. The molecule has 0 amide bonds. The van der Waals surface area contributed by atoms with Crippen molar-refractivity contribution in [2.45, 2.75) is 12.5 Å². The van der Waals surface area contributed by atoms with E-state index in [1.807, 2.05) is 0 Å². The standard InChI is InChI=1S/C10H10ClNO3/c11-8-3-1-2-7(4-8)5-9(10(13)14)15-6-12/h1-4,6,9,12H,5H2,(H,13,14)/t9-/m0/s1. The summed E-state index contributed by atoms with van der Waals surface area (Å²) < 4.78 is 4.65. The molecule has 1 aromatic carbocycles. The first-order valence-electron chi connectivity index (χ1n) is 4.25. The summed E-state index contributed by atoms with van der Waals surface area (Å²) >= 11 is 5.75. The summed E-state index contributed by atoms with van der Waals surface area (Å²) in [6.45, 7) is 0. The van der Waals surface area contributed by atoms with E-state index in [0.29, 0.717) is 11.4 Å². The average Bonchev–Trinajstić information content (AvgIpc) is 2.17. The van der Waals surface area contributed by atoms with Crippen LogP contribution in [0.25, 0.3) is 0 Å². The van der Waals surface area contributed by atoms with Gasteiger partial charge in [-0.25, -0.2) is 4.79 Å². The molecule has 0 unspecified atom stereocenters. The molecule has 1 rings (SSSR count). The highest BCUT2D eigenvalue weighted by Gasteiger charge is 2.18. The Morgan fingerprint density at radius 1 is 1.67 bits per heavy atom. The molecule has 0 heterocycles. The molecule has 0 fully saturated rings. The van der Waals surface area contributed by atoms with Crippen molar-refractivity contribution >= 4 is 24.0 Å². The van der Waals surface area contributed by atoms with Crippen LogP contribution in [0.15, 0.2) is 24.3 Å². The highest BCUT2D eigenvalue weighted by atomic mass is 35.5. The minimum Gasteiger partial charge on any atom is -0.478 e. The van der Waals surface area contributed by atoms with E-state index in [4.69, 9.17) is 22.1 Å². The minimum absolute atomic E-state index is 0.186. The van der Waals surface area contributed by atoms with Gasteiger partial charge in [-0.05, 0) is 17.7 Å². The van der Waals surface area contributed by atoms with Crippen LogP contribution in [0.3, 0.4) is 0 Å². The van der Waals surface area contributed by atoms with Crippen LogP contribution in [0.1, 0.15) is 5.56 Å². The van der Waals surface area contributed by atoms with E-state index in [-0.39, 0.29) is 6.42 Å². The number of nitrogens with one attached hydrogen (secondary N) is 1. The molecule has 1 aromatic rings. The summed E-state index contributed by atoms with van der Waals surface area (Å²) in [5.74, 6) is -1.10. The van der Waals surface area contributed by atoms with Crippen molar-refractivity contribution < 1.29 is 14.6 Å². The molecule has 2 N–H and O–H groups in total. The number of rotatable bonds is 5. The third-order valence-corrected chi connectivity index (χ3v) is 2.05. The number of hydrogen-bond acceptors (Lipinski definition) is 3. The van der Waals surface area contributed by atoms with Gasteiger partial charge in [0, 0.05) is 11.4 Å². The molecule has 80 valence electrons. The first kappa shape index (κ1) is 11.5. The third-order valence-electron chi connectivity index (χ3n) is 1.82. The lowest BCUT2D eigenvalue weighted by atomic mass is 10.1. The van der Waals surface area contributed by atoms with Crippen LogP contribution in [0.4, 0.5) is 0 Å². The fourth-order valence-corrected chi connectivity index (χ4v) is 1.37. The molecule has 0 saturated heterocycles. The van der Waals surface area contributed by atoms with E-state index in [1.165, 1.54) is 0 Å². The highest BCUT2D eigenvalue weighted by molar-refractivity contribution is 6.30. The fraction of sp³-hybridized carbons (Fsp3) is 0.200. The molecule has 0 aliphatic rings. The van der Waals surface area contributed by atoms with Crippen molar-refractivity contribution in [1.29, 1.82) is 5.41 Å². The van der Waals surface area contributed by atoms with Gasteiger partial charge in [-0.15, -0.1) is 0 Å². The average molecular weight is 228 g/mol. The minimum atomic E-state index is -1.10. The number of carboxylic acids is 1. The lowest BCUT2D eigenvalue weighted by Crippen LogP contribution is -2.25. The molecule has 0 aliphatic heterocycles. The second-order valence-electron chi connectivity index (χ2n) is 2.91. The van der Waals surface area contributed by atoms with Crippen molar-refractivity contribution in [3.05, 3.63) is 34.9 Å². The van der Waals surface area contributed by atoms with E-state index in [1.54, 1.807) is 24.3 Å². The summed E-state index contributed by atoms with van der Waals surface area (Å²) in [4.78, 5) is 10.7. The molecule has 1 atom stereocenters. The second-order valence-corrected chi connectivity index (χ2v) is 3.35. The molecule has 0 radical (unpaired) electrons. The van der Waals surface area contributed by atoms with Gasteiger partial charge in [-0.1, -0.05) is 23.7 Å². The van der Waals surface area contributed by atoms with Crippen LogP contribution in [-0.2, 0) is 16.0 Å². The Morgan fingerprint density at radius 2 is 2.40 bits per heavy atom. The van der Waals surface area contributed by atoms with E-state index in [9.17, 15) is 4.79 Å². The lowest BCUT2D eigenvalue weighted by Gasteiger charge is -2.10. The summed E-state index contributed by atoms with van der Waals surface area (Å²) in [7, 11) is 0. The molecule has 0 spiro atoms. The van der Waals surface area contributed by atoms with E-state index >= 15 is 0 Å². The zero-order chi connectivity index (χ0) is 11.3. The Balaban J connectivity index is 2.73. The highest BCUT2D eigenvalue weighted by Crippen LogP contribution is 2.13. The summed E-state index contributed by atoms with van der Waals surface area (Å²) in [6, 6.07) is 6.87. The van der Waals surface area contributed by atoms with Crippen LogP contribution in [-0.4, -0.2) is 23.6 Å². The third kappa shape index (κ3) is 3.59. The molecular formula is C10H10ClNO3. The van der Waals surface area contributed by atoms with Gasteiger partial charge < -0.3 is 9.84 Å². The Morgan fingerprint density at radius 3 is 2.93 bits per heavy atom. The lowest BCUT2D eigenvalue weighted by molar-refractivity contribution is -0.145. The van der Waals surface area contributed by atoms with Gasteiger partial charge in [0.2, 0.25) is 6.10 Å². The fourth-order valence-electron chi connectivity index (χ4n) is 1.15.